The van der Waals surface area contributed by atoms with Crippen molar-refractivity contribution < 1.29 is 33.0 Å². The summed E-state index contributed by atoms with van der Waals surface area (Å²) in [6, 6.07) is 10.7. The molecule has 0 radical (unpaired) electrons. The topological polar surface area (TPSA) is 131 Å². The molecule has 2 aliphatic rings. The number of carbonyl (C=O) groups excluding carboxylic acids is 2. The van der Waals surface area contributed by atoms with Crippen molar-refractivity contribution in [2.45, 2.75) is 39.2 Å². The second kappa shape index (κ2) is 14.1. The van der Waals surface area contributed by atoms with E-state index in [1.165, 1.54) is 0 Å². The summed E-state index contributed by atoms with van der Waals surface area (Å²) in [4.78, 5) is 42.0. The van der Waals surface area contributed by atoms with Gasteiger partial charge in [-0.1, -0.05) is 17.7 Å². The number of nitrogens with one attached hydrogen (secondary N) is 2. The van der Waals surface area contributed by atoms with E-state index in [9.17, 15) is 14.5 Å². The molecular weight excluding hydrogens is 607 g/mol. The van der Waals surface area contributed by atoms with Crippen LogP contribution in [0.5, 0.6) is 17.2 Å². The number of ether oxygens (including phenoxy) is 2. The van der Waals surface area contributed by atoms with Crippen molar-refractivity contribution in [3.63, 3.8) is 0 Å². The zero-order valence-electron chi connectivity index (χ0n) is 25.0. The number of anilines is 1. The highest BCUT2D eigenvalue weighted by molar-refractivity contribution is 7.61. The Morgan fingerprint density at radius 2 is 1.89 bits per heavy atom. The fourth-order valence-electron chi connectivity index (χ4n) is 4.96. The molecule has 44 heavy (non-hydrogen) atoms. The summed E-state index contributed by atoms with van der Waals surface area (Å²) >= 11 is 6.46. The van der Waals surface area contributed by atoms with E-state index < -0.39 is 7.94 Å². The van der Waals surface area contributed by atoms with Crippen LogP contribution < -0.4 is 20.1 Å². The van der Waals surface area contributed by atoms with Crippen molar-refractivity contribution >= 4 is 53.6 Å². The molecule has 0 atom stereocenters. The third-order valence-electron chi connectivity index (χ3n) is 7.26. The van der Waals surface area contributed by atoms with Crippen LogP contribution in [0.3, 0.4) is 0 Å². The Labute approximate surface area is 262 Å². The maximum atomic E-state index is 13.0. The molecule has 1 aromatic heterocycles. The fraction of sp³-hybridized carbons (Fsp3) is 0.387. The maximum Gasteiger partial charge on any atom is 0.418 e. The molecular formula is C31H37ClN4O7P+. The van der Waals surface area contributed by atoms with E-state index in [-0.39, 0.29) is 37.4 Å². The first-order chi connectivity index (χ1) is 21.2. The van der Waals surface area contributed by atoms with Gasteiger partial charge in [-0.25, -0.2) is 4.79 Å². The van der Waals surface area contributed by atoms with Gasteiger partial charge in [0.2, 0.25) is 6.16 Å². The van der Waals surface area contributed by atoms with Gasteiger partial charge < -0.3 is 25.0 Å². The lowest BCUT2D eigenvalue weighted by Crippen LogP contribution is -2.37. The molecule has 13 heteroatoms. The van der Waals surface area contributed by atoms with E-state index >= 15 is 0 Å². The molecule has 1 aliphatic carbocycles. The Morgan fingerprint density at radius 3 is 2.52 bits per heavy atom. The van der Waals surface area contributed by atoms with E-state index in [1.54, 1.807) is 56.3 Å². The maximum absolute atomic E-state index is 13.0. The summed E-state index contributed by atoms with van der Waals surface area (Å²) in [6.45, 7) is 4.89. The highest BCUT2D eigenvalue weighted by atomic mass is 35.5. The first-order valence-corrected chi connectivity index (χ1v) is 16.7. The van der Waals surface area contributed by atoms with Crippen LogP contribution in [0.15, 0.2) is 48.7 Å². The average Bonchev–Trinajstić information content (AvgIpc) is 3.82. The second-order valence-electron chi connectivity index (χ2n) is 10.4. The van der Waals surface area contributed by atoms with Crippen molar-refractivity contribution in [3.8, 4) is 17.2 Å². The molecule has 3 N–H and O–H groups in total. The van der Waals surface area contributed by atoms with Gasteiger partial charge in [0, 0.05) is 48.4 Å². The van der Waals surface area contributed by atoms with Gasteiger partial charge in [-0.2, -0.15) is 13.9 Å². The second-order valence-corrected chi connectivity index (χ2v) is 13.0. The fourth-order valence-corrected chi connectivity index (χ4v) is 6.78. The van der Waals surface area contributed by atoms with Gasteiger partial charge in [0.05, 0.1) is 36.6 Å². The van der Waals surface area contributed by atoms with Crippen LogP contribution in [0.25, 0.3) is 16.5 Å². The monoisotopic (exact) mass is 643 g/mol. The molecule has 1 fully saturated rings. The largest absolute Gasteiger partial charge is 0.496 e. The number of pyridine rings is 1. The van der Waals surface area contributed by atoms with Crippen LogP contribution in [-0.2, 0) is 13.8 Å². The minimum atomic E-state index is -3.24. The van der Waals surface area contributed by atoms with E-state index in [4.69, 9.17) is 30.1 Å². The highest BCUT2D eigenvalue weighted by Crippen LogP contribution is 2.56. The number of amides is 3. The molecule has 234 valence electrons. The summed E-state index contributed by atoms with van der Waals surface area (Å²) in [5, 5.41) is 6.77. The summed E-state index contributed by atoms with van der Waals surface area (Å²) in [6.07, 6.45) is 6.04. The number of halogens is 1. The summed E-state index contributed by atoms with van der Waals surface area (Å²) in [5.74, 6) is 1.52. The van der Waals surface area contributed by atoms with Crippen LogP contribution in [-0.4, -0.2) is 72.3 Å². The lowest BCUT2D eigenvalue weighted by atomic mass is 9.96. The highest BCUT2D eigenvalue weighted by Gasteiger charge is 2.44. The van der Waals surface area contributed by atoms with Gasteiger partial charge in [-0.05, 0) is 62.9 Å². The van der Waals surface area contributed by atoms with Gasteiger partial charge in [-0.3, -0.25) is 9.78 Å². The lowest BCUT2D eigenvalue weighted by molar-refractivity contribution is -0.128. The summed E-state index contributed by atoms with van der Waals surface area (Å²) in [5.41, 5.74) is 3.07. The predicted octanol–water partition coefficient (Wildman–Crippen LogP) is 6.42. The van der Waals surface area contributed by atoms with Crippen LogP contribution in [0, 0.1) is 0 Å². The van der Waals surface area contributed by atoms with Crippen LogP contribution >= 0.6 is 19.5 Å². The van der Waals surface area contributed by atoms with Crippen molar-refractivity contribution in [1.29, 1.82) is 0 Å². The number of aromatic nitrogens is 1. The number of methoxy groups -OCH3 is 1. The van der Waals surface area contributed by atoms with E-state index in [0.717, 1.165) is 29.4 Å². The molecule has 0 bridgehead atoms. The first kappa shape index (κ1) is 31.9. The normalized spacial score (nSPS) is 15.1. The summed E-state index contributed by atoms with van der Waals surface area (Å²) in [7, 11) is -1.63. The van der Waals surface area contributed by atoms with Gasteiger partial charge in [0.15, 0.2) is 0 Å². The van der Waals surface area contributed by atoms with E-state index in [1.807, 2.05) is 18.2 Å². The smallest absolute Gasteiger partial charge is 0.418 e. The van der Waals surface area contributed by atoms with E-state index in [0.29, 0.717) is 53.0 Å². The number of hydrogen-bond donors (Lipinski definition) is 3. The summed E-state index contributed by atoms with van der Waals surface area (Å²) < 4.78 is 22.8. The van der Waals surface area contributed by atoms with Gasteiger partial charge in [-0.15, -0.1) is 0 Å². The van der Waals surface area contributed by atoms with Crippen LogP contribution in [0.1, 0.15) is 38.7 Å². The third-order valence-corrected chi connectivity index (χ3v) is 9.56. The molecule has 1 saturated carbocycles. The van der Waals surface area contributed by atoms with Crippen molar-refractivity contribution in [3.05, 3.63) is 59.3 Å². The number of carbonyl (C=O) groups is 2. The first-order valence-electron chi connectivity index (χ1n) is 14.6. The van der Waals surface area contributed by atoms with Crippen molar-refractivity contribution in [2.75, 3.05) is 44.9 Å². The molecule has 0 spiro atoms. The number of rotatable bonds is 12. The number of nitrogens with zero attached hydrogens (tertiary/aromatic N) is 2. The SMILES string of the molecule is CCO[P+](O)(CC(=O)N1CC=C(c2cc3c(Oc4ccc(NC(=O)NC5CC5)c(Cl)c4)ccnc3cc2OC)CC1)OCC. The molecule has 11 nitrogen and oxygen atoms in total. The number of fused-ring (bicyclic) bond motifs is 1. The zero-order chi connectivity index (χ0) is 31.3. The third kappa shape index (κ3) is 7.78. The molecule has 0 unspecified atom stereocenters. The molecule has 2 aromatic carbocycles. The Kier molecular flexibility index (Phi) is 10.2. The zero-order valence-corrected chi connectivity index (χ0v) is 26.6. The quantitative estimate of drug-likeness (QED) is 0.193. The molecule has 3 aromatic rings. The molecule has 2 heterocycles. The Morgan fingerprint density at radius 1 is 1.11 bits per heavy atom. The number of hydrogen-bond acceptors (Lipinski definition) is 8. The number of benzene rings is 2. The van der Waals surface area contributed by atoms with Gasteiger partial charge in [0.25, 0.3) is 5.91 Å². The van der Waals surface area contributed by atoms with Gasteiger partial charge in [0.1, 0.15) is 17.2 Å². The predicted molar refractivity (Wildman–Crippen MR) is 171 cm³/mol. The molecule has 3 amide bonds. The van der Waals surface area contributed by atoms with Gasteiger partial charge >= 0.3 is 14.0 Å². The molecule has 0 saturated heterocycles. The minimum Gasteiger partial charge on any atom is -0.496 e. The van der Waals surface area contributed by atoms with Crippen LogP contribution in [0.4, 0.5) is 10.5 Å². The van der Waals surface area contributed by atoms with Crippen molar-refractivity contribution in [2.24, 2.45) is 0 Å². The number of urea groups is 1. The Bertz CT molecular complexity index is 1560. The molecule has 1 aliphatic heterocycles. The van der Waals surface area contributed by atoms with Crippen LogP contribution in [0.2, 0.25) is 5.02 Å². The standard InChI is InChI=1S/C31H36ClN4O7P/c1-4-41-44(39,42-5-2)19-30(37)36-14-11-20(12-15-36)23-17-24-27(18-29(23)40-3)33-13-10-28(24)43-22-8-9-26(25(32)16-22)35-31(38)34-21-6-7-21/h8-11,13,16-18,21,39H,4-7,12,14-15,19H2,1-3H3,(H-,34,35,38)/p+1. The lowest BCUT2D eigenvalue weighted by Gasteiger charge is -2.28. The van der Waals surface area contributed by atoms with E-state index in [2.05, 4.69) is 15.6 Å². The van der Waals surface area contributed by atoms with Crippen molar-refractivity contribution in [1.82, 2.24) is 15.2 Å². The minimum absolute atomic E-state index is 0.182. The Hall–Kier alpha value is -3.47. The Balaban J connectivity index is 1.34. The molecule has 5 rings (SSSR count). The average molecular weight is 644 g/mol.